The quantitative estimate of drug-likeness (QED) is 0.422. The topological polar surface area (TPSA) is 157 Å². The summed E-state index contributed by atoms with van der Waals surface area (Å²) >= 11 is 0. The maximum absolute atomic E-state index is 13.0. The Bertz CT molecular complexity index is 1560. The van der Waals surface area contributed by atoms with Crippen LogP contribution in [0.1, 0.15) is 18.3 Å². The minimum absolute atomic E-state index is 0.0475. The summed E-state index contributed by atoms with van der Waals surface area (Å²) < 4.78 is 65.1. The summed E-state index contributed by atoms with van der Waals surface area (Å²) in [7, 11) is -7.85. The van der Waals surface area contributed by atoms with Gasteiger partial charge in [-0.05, 0) is 63.2 Å². The molecule has 0 bridgehead atoms. The smallest absolute Gasteiger partial charge is 0.264 e. The van der Waals surface area contributed by atoms with Crippen LogP contribution in [0, 0.1) is 13.8 Å². The van der Waals surface area contributed by atoms with Crippen molar-refractivity contribution < 1.29 is 31.1 Å². The van der Waals surface area contributed by atoms with Gasteiger partial charge in [0.1, 0.15) is 19.3 Å². The summed E-state index contributed by atoms with van der Waals surface area (Å²) in [5.74, 6) is 0.196. The fourth-order valence-electron chi connectivity index (χ4n) is 3.89. The van der Waals surface area contributed by atoms with Gasteiger partial charge < -0.3 is 14.8 Å². The highest BCUT2D eigenvalue weighted by molar-refractivity contribution is 7.92. The molecule has 0 aliphatic carbocycles. The van der Waals surface area contributed by atoms with Crippen LogP contribution in [-0.2, 0) is 24.8 Å². The Hall–Kier alpha value is -3.91. The lowest BCUT2D eigenvalue weighted by molar-refractivity contribution is -0.116. The number of hydrogen-bond acceptors (Lipinski definition) is 9. The van der Waals surface area contributed by atoms with Gasteiger partial charge in [0.05, 0.1) is 16.8 Å². The van der Waals surface area contributed by atoms with Crippen LogP contribution < -0.4 is 23.8 Å². The monoisotopic (exact) mass is 561 g/mol. The van der Waals surface area contributed by atoms with E-state index in [-0.39, 0.29) is 22.2 Å². The molecule has 14 heteroatoms. The molecule has 4 rings (SSSR count). The number of fused-ring (bicyclic) bond motifs is 1. The van der Waals surface area contributed by atoms with Crippen LogP contribution in [0.2, 0.25) is 0 Å². The fraction of sp³-hybridized carbons (Fsp3) is 0.292. The van der Waals surface area contributed by atoms with E-state index in [9.17, 15) is 21.6 Å². The number of nitrogens with zero attached hydrogens (tertiary/aromatic N) is 3. The van der Waals surface area contributed by atoms with E-state index in [2.05, 4.69) is 20.0 Å². The van der Waals surface area contributed by atoms with Crippen molar-refractivity contribution in [3.8, 4) is 11.5 Å². The van der Waals surface area contributed by atoms with E-state index < -0.39 is 32.0 Å². The van der Waals surface area contributed by atoms with E-state index in [4.69, 9.17) is 9.47 Å². The molecule has 0 saturated heterocycles. The van der Waals surface area contributed by atoms with Crippen molar-refractivity contribution in [2.24, 2.45) is 0 Å². The lowest BCUT2D eigenvalue weighted by Crippen LogP contribution is -2.45. The summed E-state index contributed by atoms with van der Waals surface area (Å²) in [4.78, 5) is 21.1. The molecule has 1 amide bonds. The highest BCUT2D eigenvalue weighted by atomic mass is 32.2. The highest BCUT2D eigenvalue weighted by Crippen LogP contribution is 2.35. The number of carbonyl (C=O) groups excluding carboxylic acids is 1. The van der Waals surface area contributed by atoms with Crippen molar-refractivity contribution in [1.82, 2.24) is 9.97 Å². The molecule has 1 aromatic heterocycles. The average molecular weight is 562 g/mol. The molecule has 0 spiro atoms. The van der Waals surface area contributed by atoms with E-state index >= 15 is 0 Å². The number of benzene rings is 2. The van der Waals surface area contributed by atoms with Gasteiger partial charge in [-0.1, -0.05) is 0 Å². The van der Waals surface area contributed by atoms with Crippen molar-refractivity contribution in [2.75, 3.05) is 33.8 Å². The lowest BCUT2D eigenvalue weighted by Gasteiger charge is -2.29. The molecular weight excluding hydrogens is 534 g/mol. The Balaban J connectivity index is 1.50. The molecule has 3 aromatic rings. The minimum atomic E-state index is -3.98. The van der Waals surface area contributed by atoms with Gasteiger partial charge in [-0.2, -0.15) is 0 Å². The van der Waals surface area contributed by atoms with Crippen LogP contribution in [0.15, 0.2) is 53.4 Å². The SMILES string of the molecule is Cc1cc(C)nc(NS(=O)(=O)c2ccc(NC(=O)[C@H](C)N(c3ccc4c(c3)OCCO4)S(C)(=O)=O)cc2)n1. The first-order valence-electron chi connectivity index (χ1n) is 11.5. The van der Waals surface area contributed by atoms with Gasteiger partial charge in [-0.15, -0.1) is 0 Å². The van der Waals surface area contributed by atoms with Crippen LogP contribution in [0.4, 0.5) is 17.3 Å². The summed E-state index contributed by atoms with van der Waals surface area (Å²) in [6.07, 6.45) is 1.000. The maximum atomic E-state index is 13.0. The minimum Gasteiger partial charge on any atom is -0.486 e. The summed E-state index contributed by atoms with van der Waals surface area (Å²) in [6, 6.07) is 10.6. The second kappa shape index (κ2) is 10.5. The van der Waals surface area contributed by atoms with Crippen molar-refractivity contribution in [1.29, 1.82) is 0 Å². The molecule has 2 N–H and O–H groups in total. The molecule has 38 heavy (non-hydrogen) atoms. The number of anilines is 3. The summed E-state index contributed by atoms with van der Waals surface area (Å²) in [5.41, 5.74) is 1.74. The molecule has 2 aromatic carbocycles. The first-order chi connectivity index (χ1) is 17.8. The Morgan fingerprint density at radius 3 is 2.13 bits per heavy atom. The second-order valence-corrected chi connectivity index (χ2v) is 12.2. The third kappa shape index (κ3) is 6.14. The van der Waals surface area contributed by atoms with Crippen molar-refractivity contribution in [3.05, 3.63) is 59.9 Å². The average Bonchev–Trinajstić information content (AvgIpc) is 2.82. The van der Waals surface area contributed by atoms with E-state index in [1.165, 1.54) is 43.3 Å². The molecular formula is C24H27N5O7S2. The number of carbonyl (C=O) groups is 1. The molecule has 0 saturated carbocycles. The number of ether oxygens (including phenoxy) is 2. The number of hydrogen-bond donors (Lipinski definition) is 2. The van der Waals surface area contributed by atoms with E-state index in [0.29, 0.717) is 36.1 Å². The Kier molecular flexibility index (Phi) is 7.47. The number of nitrogens with one attached hydrogen (secondary N) is 2. The zero-order valence-corrected chi connectivity index (χ0v) is 22.8. The first kappa shape index (κ1) is 27.1. The standard InChI is InChI=1S/C24H27N5O7S2/c1-15-13-16(2)26-24(25-15)28-38(33,34)20-8-5-18(6-9-20)27-23(30)17(3)29(37(4,31)32)19-7-10-21-22(14-19)36-12-11-35-21/h5-10,13-14,17H,11-12H2,1-4H3,(H,27,30)(H,25,26,28)/t17-/m0/s1. The fourth-order valence-corrected chi connectivity index (χ4v) is 6.00. The number of aromatic nitrogens is 2. The van der Waals surface area contributed by atoms with Crippen molar-refractivity contribution >= 4 is 43.3 Å². The Morgan fingerprint density at radius 2 is 1.53 bits per heavy atom. The van der Waals surface area contributed by atoms with E-state index in [1.54, 1.807) is 26.0 Å². The molecule has 12 nitrogen and oxygen atoms in total. The van der Waals surface area contributed by atoms with Crippen LogP contribution in [-0.4, -0.2) is 58.2 Å². The van der Waals surface area contributed by atoms with Gasteiger partial charge in [-0.3, -0.25) is 9.10 Å². The highest BCUT2D eigenvalue weighted by Gasteiger charge is 2.30. The van der Waals surface area contributed by atoms with Crippen LogP contribution >= 0.6 is 0 Å². The molecule has 1 aliphatic rings. The van der Waals surface area contributed by atoms with Gasteiger partial charge in [0.2, 0.25) is 21.9 Å². The van der Waals surface area contributed by atoms with Crippen molar-refractivity contribution in [3.63, 3.8) is 0 Å². The maximum Gasteiger partial charge on any atom is 0.264 e. The molecule has 0 unspecified atom stereocenters. The summed E-state index contributed by atoms with van der Waals surface area (Å²) in [6.45, 7) is 5.60. The Labute approximate surface area is 221 Å². The third-order valence-electron chi connectivity index (χ3n) is 5.51. The predicted octanol–water partition coefficient (Wildman–Crippen LogP) is 2.46. The van der Waals surface area contributed by atoms with Crippen LogP contribution in [0.3, 0.4) is 0 Å². The predicted molar refractivity (Wildman–Crippen MR) is 142 cm³/mol. The lowest BCUT2D eigenvalue weighted by atomic mass is 10.2. The molecule has 202 valence electrons. The van der Waals surface area contributed by atoms with Gasteiger partial charge >= 0.3 is 0 Å². The largest absolute Gasteiger partial charge is 0.486 e. The number of amides is 1. The van der Waals surface area contributed by atoms with Crippen LogP contribution in [0.25, 0.3) is 0 Å². The normalized spacial score (nSPS) is 13.9. The van der Waals surface area contributed by atoms with Crippen LogP contribution in [0.5, 0.6) is 11.5 Å². The van der Waals surface area contributed by atoms with E-state index in [1.807, 2.05) is 0 Å². The van der Waals surface area contributed by atoms with Gasteiger partial charge in [0.25, 0.3) is 10.0 Å². The third-order valence-corrected chi connectivity index (χ3v) is 8.09. The number of sulfonamides is 2. The summed E-state index contributed by atoms with van der Waals surface area (Å²) in [5, 5.41) is 2.63. The van der Waals surface area contributed by atoms with Gasteiger partial charge in [0, 0.05) is 23.1 Å². The molecule has 2 heterocycles. The first-order valence-corrected chi connectivity index (χ1v) is 14.8. The number of aryl methyl sites for hydroxylation is 2. The molecule has 1 aliphatic heterocycles. The van der Waals surface area contributed by atoms with Crippen molar-refractivity contribution in [2.45, 2.75) is 31.7 Å². The Morgan fingerprint density at radius 1 is 0.921 bits per heavy atom. The molecule has 0 fully saturated rings. The number of rotatable bonds is 8. The zero-order valence-electron chi connectivity index (χ0n) is 21.1. The van der Waals surface area contributed by atoms with Gasteiger partial charge in [0.15, 0.2) is 11.5 Å². The molecule has 1 atom stereocenters. The second-order valence-electron chi connectivity index (χ2n) is 8.66. The zero-order chi connectivity index (χ0) is 27.7. The van der Waals surface area contributed by atoms with Gasteiger partial charge in [-0.25, -0.2) is 31.5 Å². The molecule has 0 radical (unpaired) electrons. The van der Waals surface area contributed by atoms with E-state index in [0.717, 1.165) is 10.6 Å².